The fourth-order valence-electron chi connectivity index (χ4n) is 4.84. The first kappa shape index (κ1) is 25.8. The van der Waals surface area contributed by atoms with Crippen molar-refractivity contribution in [1.82, 2.24) is 25.3 Å². The number of nitrogens with one attached hydrogen (secondary N) is 2. The van der Waals surface area contributed by atoms with Crippen LogP contribution in [-0.2, 0) is 17.9 Å². The van der Waals surface area contributed by atoms with Crippen LogP contribution in [0.5, 0.6) is 0 Å². The zero-order chi connectivity index (χ0) is 25.4. The average Bonchev–Trinajstić information content (AvgIpc) is 3.38. The Kier molecular flexibility index (Phi) is 7.18. The van der Waals surface area contributed by atoms with Gasteiger partial charge in [0.2, 0.25) is 0 Å². The van der Waals surface area contributed by atoms with Gasteiger partial charge >= 0.3 is 18.3 Å². The number of likely N-dealkylation sites (tertiary alicyclic amines) is 1. The molecule has 0 spiro atoms. The van der Waals surface area contributed by atoms with Gasteiger partial charge in [0.1, 0.15) is 6.04 Å². The molecule has 2 aliphatic heterocycles. The van der Waals surface area contributed by atoms with E-state index in [0.717, 1.165) is 0 Å². The first-order valence-electron chi connectivity index (χ1n) is 10.4. The predicted molar refractivity (Wildman–Crippen MR) is 105 cm³/mol. The van der Waals surface area contributed by atoms with Crippen LogP contribution < -0.4 is 10.6 Å². The van der Waals surface area contributed by atoms with E-state index < -0.39 is 54.1 Å². The smallest absolute Gasteiger partial charge is 0.402 e. The van der Waals surface area contributed by atoms with Gasteiger partial charge in [-0.2, -0.15) is 31.4 Å². The largest absolute Gasteiger partial charge is 0.480 e. The second kappa shape index (κ2) is 9.46. The number of terminal acetylenes is 1. The zero-order valence-corrected chi connectivity index (χ0v) is 18.0. The molecule has 1 amide bonds. The fourth-order valence-corrected chi connectivity index (χ4v) is 4.84. The van der Waals surface area contributed by atoms with Crippen LogP contribution in [0.25, 0.3) is 0 Å². The van der Waals surface area contributed by atoms with Gasteiger partial charge in [-0.1, -0.05) is 5.92 Å². The van der Waals surface area contributed by atoms with Gasteiger partial charge in [0.05, 0.1) is 6.54 Å². The number of amides is 1. The van der Waals surface area contributed by atoms with E-state index in [9.17, 15) is 41.0 Å². The van der Waals surface area contributed by atoms with Gasteiger partial charge in [0.15, 0.2) is 11.6 Å². The van der Waals surface area contributed by atoms with Crippen molar-refractivity contribution >= 4 is 11.9 Å². The molecule has 8 nitrogen and oxygen atoms in total. The molecule has 2 saturated heterocycles. The second-order valence-corrected chi connectivity index (χ2v) is 8.34. The van der Waals surface area contributed by atoms with Gasteiger partial charge in [0, 0.05) is 49.9 Å². The topological polar surface area (TPSA) is 99.5 Å². The number of aliphatic carboxylic acids is 1. The molecule has 0 aromatic carbocycles. The number of nitrogens with zero attached hydrogens (tertiary/aromatic N) is 3. The molecule has 14 heteroatoms. The van der Waals surface area contributed by atoms with Crippen molar-refractivity contribution < 1.29 is 41.0 Å². The molecule has 4 unspecified atom stereocenters. The summed E-state index contributed by atoms with van der Waals surface area (Å²) in [5.41, 5.74) is 0.429. The van der Waals surface area contributed by atoms with Crippen molar-refractivity contribution in [3.8, 4) is 12.3 Å². The highest BCUT2D eigenvalue weighted by Gasteiger charge is 2.66. The fraction of sp³-hybridized carbons (Fsp3) is 0.650. The molecule has 2 aliphatic rings. The molecule has 0 aliphatic carbocycles. The Morgan fingerprint density at radius 1 is 1.26 bits per heavy atom. The number of aryl methyl sites for hydroxylation is 1. The molecule has 0 bridgehead atoms. The van der Waals surface area contributed by atoms with E-state index in [-0.39, 0.29) is 31.9 Å². The van der Waals surface area contributed by atoms with E-state index in [1.807, 2.05) is 0 Å². The number of carbonyl (C=O) groups excluding carboxylic acids is 1. The summed E-state index contributed by atoms with van der Waals surface area (Å²) >= 11 is 0. The number of carboxylic acid groups (broad SMARTS) is 1. The highest BCUT2D eigenvalue weighted by atomic mass is 19.4. The number of rotatable bonds is 7. The lowest BCUT2D eigenvalue weighted by Crippen LogP contribution is -2.53. The normalized spacial score (nSPS) is 25.4. The maximum absolute atomic E-state index is 13.4. The minimum Gasteiger partial charge on any atom is -0.480 e. The van der Waals surface area contributed by atoms with Crippen LogP contribution in [0.15, 0.2) is 6.20 Å². The van der Waals surface area contributed by atoms with Gasteiger partial charge < -0.3 is 15.7 Å². The van der Waals surface area contributed by atoms with E-state index in [0.29, 0.717) is 12.1 Å². The number of fused-ring (bicyclic) bond motifs is 1. The van der Waals surface area contributed by atoms with Crippen molar-refractivity contribution in [3.05, 3.63) is 17.5 Å². The third-order valence-electron chi connectivity index (χ3n) is 6.20. The van der Waals surface area contributed by atoms with Crippen LogP contribution in [0.4, 0.5) is 26.3 Å². The summed E-state index contributed by atoms with van der Waals surface area (Å²) in [5.74, 6) is -5.74. The van der Waals surface area contributed by atoms with E-state index in [1.165, 1.54) is 4.68 Å². The Labute approximate surface area is 190 Å². The van der Waals surface area contributed by atoms with E-state index in [2.05, 4.69) is 21.7 Å². The number of alkyl halides is 6. The van der Waals surface area contributed by atoms with Crippen molar-refractivity contribution in [3.63, 3.8) is 0 Å². The summed E-state index contributed by atoms with van der Waals surface area (Å²) in [6.07, 6.45) is -4.53. The number of aromatic nitrogens is 2. The quantitative estimate of drug-likeness (QED) is 0.392. The number of carbonyl (C=O) groups is 2. The summed E-state index contributed by atoms with van der Waals surface area (Å²) < 4.78 is 81.8. The molecular formula is C20H23F6N5O3. The summed E-state index contributed by atoms with van der Waals surface area (Å²) in [5, 5.41) is 18.2. The monoisotopic (exact) mass is 495 g/mol. The third kappa shape index (κ3) is 5.15. The van der Waals surface area contributed by atoms with E-state index in [1.54, 1.807) is 18.0 Å². The number of hydrogen-bond acceptors (Lipinski definition) is 5. The molecule has 4 atom stereocenters. The van der Waals surface area contributed by atoms with Gasteiger partial charge in [-0.3, -0.25) is 19.2 Å². The summed E-state index contributed by atoms with van der Waals surface area (Å²) in [7, 11) is 0. The minimum absolute atomic E-state index is 0.00638. The lowest BCUT2D eigenvalue weighted by Gasteiger charge is -2.32. The van der Waals surface area contributed by atoms with Crippen LogP contribution >= 0.6 is 0 Å². The van der Waals surface area contributed by atoms with Gasteiger partial charge in [-0.15, -0.1) is 6.42 Å². The summed E-state index contributed by atoms with van der Waals surface area (Å²) in [4.78, 5) is 25.6. The van der Waals surface area contributed by atoms with Crippen molar-refractivity contribution in [2.24, 2.45) is 17.8 Å². The highest BCUT2D eigenvalue weighted by Crippen LogP contribution is 2.48. The van der Waals surface area contributed by atoms with E-state index in [4.69, 9.17) is 6.42 Å². The number of halogens is 6. The molecule has 3 rings (SSSR count). The number of carboxylic acids is 1. The van der Waals surface area contributed by atoms with Crippen molar-refractivity contribution in [2.45, 2.75) is 44.4 Å². The maximum Gasteiger partial charge on any atom is 0.402 e. The molecule has 0 radical (unpaired) electrons. The Morgan fingerprint density at radius 3 is 2.41 bits per heavy atom. The first-order chi connectivity index (χ1) is 15.8. The SMILES string of the molecule is C#CCNC(=O)c1nn(CC)cc1CN1CC2C(C(=O)O)NC(C(C(F)(F)F)C(F)(F)F)C2C1. The Hall–Kier alpha value is -2.79. The summed E-state index contributed by atoms with van der Waals surface area (Å²) in [6.45, 7) is 1.84. The van der Waals surface area contributed by atoms with Gasteiger partial charge in [0.25, 0.3) is 5.91 Å². The summed E-state index contributed by atoms with van der Waals surface area (Å²) in [6, 6.07) is -3.71. The molecule has 1 aromatic rings. The molecule has 3 heterocycles. The molecule has 34 heavy (non-hydrogen) atoms. The molecule has 3 N–H and O–H groups in total. The first-order valence-corrected chi connectivity index (χ1v) is 10.4. The number of hydrogen-bond donors (Lipinski definition) is 3. The Bertz CT molecular complexity index is 955. The molecule has 188 valence electrons. The van der Waals surface area contributed by atoms with Crippen LogP contribution in [0, 0.1) is 30.1 Å². The minimum atomic E-state index is -5.61. The predicted octanol–water partition coefficient (Wildman–Crippen LogP) is 1.48. The molecule has 1 aromatic heterocycles. The molecular weight excluding hydrogens is 472 g/mol. The van der Waals surface area contributed by atoms with Gasteiger partial charge in [-0.05, 0) is 12.8 Å². The lowest BCUT2D eigenvalue weighted by molar-refractivity contribution is -0.293. The van der Waals surface area contributed by atoms with Crippen molar-refractivity contribution in [1.29, 1.82) is 0 Å². The van der Waals surface area contributed by atoms with Crippen LogP contribution in [0.2, 0.25) is 0 Å². The van der Waals surface area contributed by atoms with Gasteiger partial charge in [-0.25, -0.2) is 0 Å². The standard InChI is InChI=1S/C20H23F6N5O3/c1-3-5-27-17(32)13-10(7-31(4-2)29-13)6-30-8-11-12(9-30)15(18(33)34)28-14(11)16(19(21,22)23)20(24,25)26/h1,7,11-12,14-16,28H,4-6,8-9H2,2H3,(H,27,32)(H,33,34). The zero-order valence-electron chi connectivity index (χ0n) is 18.0. The molecule has 0 saturated carbocycles. The average molecular weight is 495 g/mol. The Morgan fingerprint density at radius 2 is 1.88 bits per heavy atom. The van der Waals surface area contributed by atoms with Crippen LogP contribution in [-0.4, -0.2) is 75.7 Å². The highest BCUT2D eigenvalue weighted by molar-refractivity contribution is 5.93. The molecule has 2 fully saturated rings. The Balaban J connectivity index is 1.87. The maximum atomic E-state index is 13.4. The van der Waals surface area contributed by atoms with Crippen LogP contribution in [0.3, 0.4) is 0 Å². The van der Waals surface area contributed by atoms with Crippen LogP contribution in [0.1, 0.15) is 23.0 Å². The van der Waals surface area contributed by atoms with E-state index >= 15 is 0 Å². The van der Waals surface area contributed by atoms with Crippen molar-refractivity contribution in [2.75, 3.05) is 19.6 Å². The third-order valence-corrected chi connectivity index (χ3v) is 6.20. The lowest BCUT2D eigenvalue weighted by atomic mass is 9.84. The second-order valence-electron chi connectivity index (χ2n) is 8.34.